The van der Waals surface area contributed by atoms with Crippen molar-refractivity contribution >= 4 is 35.3 Å². The number of carbonyl (C=O) groups excluding carboxylic acids is 6. The molecule has 2 heterocycles. The van der Waals surface area contributed by atoms with Gasteiger partial charge >= 0.3 is 0 Å². The minimum absolute atomic E-state index is 0.0124. The molecule has 4 N–H and O–H groups in total. The Morgan fingerprint density at radius 2 is 1.65 bits per heavy atom. The molecule has 0 unspecified atom stereocenters. The zero-order chi connectivity index (χ0) is 34.8. The minimum Gasteiger partial charge on any atom is -0.347 e. The van der Waals surface area contributed by atoms with Gasteiger partial charge in [-0.25, -0.2) is 4.98 Å². The summed E-state index contributed by atoms with van der Waals surface area (Å²) in [6.07, 6.45) is 13.4. The van der Waals surface area contributed by atoms with Crippen molar-refractivity contribution in [3.63, 3.8) is 0 Å². The molecule has 13 nitrogen and oxygen atoms in total. The molecule has 48 heavy (non-hydrogen) atoms. The number of likely N-dealkylation sites (tertiary alicyclic amines) is 1. The number of hydrogen-bond acceptors (Lipinski definition) is 8. The van der Waals surface area contributed by atoms with E-state index in [0.717, 1.165) is 57.8 Å². The maximum atomic E-state index is 14.3. The number of carbonyl (C=O) groups is 6. The number of nitrogens with zero attached hydrogens (tertiary/aromatic N) is 3. The van der Waals surface area contributed by atoms with Crippen LogP contribution in [-0.4, -0.2) is 86.9 Å². The summed E-state index contributed by atoms with van der Waals surface area (Å²) < 4.78 is 0. The number of nitrogens with one attached hydrogen (secondary N) is 4. The molecule has 1 aromatic rings. The summed E-state index contributed by atoms with van der Waals surface area (Å²) in [5, 5.41) is 11.3. The SMILES string of the molecule is CCC[C@@H]1C[C@@H](C(=O)N[C@@H](CCC)C(=O)C(=O)NC2CC2)N(C(=O)[C@@H](NC(=O)[C@@H](NC(=O)c2cnccn2)C2CCCCC2)C(C)C)C1. The molecule has 3 fully saturated rings. The third-order valence-corrected chi connectivity index (χ3v) is 9.73. The Morgan fingerprint density at radius 1 is 0.917 bits per heavy atom. The first-order valence-corrected chi connectivity index (χ1v) is 17.9. The molecule has 5 amide bonds. The van der Waals surface area contributed by atoms with Crippen LogP contribution in [0.4, 0.5) is 0 Å². The first-order valence-electron chi connectivity index (χ1n) is 17.9. The van der Waals surface area contributed by atoms with Crippen molar-refractivity contribution in [2.24, 2.45) is 17.8 Å². The van der Waals surface area contributed by atoms with Gasteiger partial charge in [-0.05, 0) is 62.7 Å². The molecule has 4 rings (SSSR count). The van der Waals surface area contributed by atoms with Gasteiger partial charge in [0.05, 0.1) is 12.2 Å². The predicted molar refractivity (Wildman–Crippen MR) is 178 cm³/mol. The van der Waals surface area contributed by atoms with Gasteiger partial charge in [0.15, 0.2) is 0 Å². The van der Waals surface area contributed by atoms with Crippen LogP contribution in [-0.2, 0) is 24.0 Å². The molecule has 13 heteroatoms. The summed E-state index contributed by atoms with van der Waals surface area (Å²) in [5.74, 6) is -3.55. The largest absolute Gasteiger partial charge is 0.347 e. The third-order valence-electron chi connectivity index (χ3n) is 9.73. The Kier molecular flexibility index (Phi) is 13.5. The molecule has 2 aliphatic carbocycles. The van der Waals surface area contributed by atoms with Gasteiger partial charge in [-0.1, -0.05) is 59.8 Å². The van der Waals surface area contributed by atoms with Crippen molar-refractivity contribution < 1.29 is 28.8 Å². The molecular formula is C35H53N7O6. The van der Waals surface area contributed by atoms with Crippen molar-refractivity contribution in [2.75, 3.05) is 6.54 Å². The normalized spacial score (nSPS) is 21.6. The predicted octanol–water partition coefficient (Wildman–Crippen LogP) is 2.45. The number of rotatable bonds is 16. The summed E-state index contributed by atoms with van der Waals surface area (Å²) in [6, 6.07) is -3.65. The van der Waals surface area contributed by atoms with Crippen LogP contribution < -0.4 is 21.3 Å². The van der Waals surface area contributed by atoms with Gasteiger partial charge in [-0.3, -0.25) is 33.8 Å². The summed E-state index contributed by atoms with van der Waals surface area (Å²) in [7, 11) is 0. The molecule has 0 bridgehead atoms. The van der Waals surface area contributed by atoms with Crippen LogP contribution in [0.1, 0.15) is 115 Å². The molecule has 2 saturated carbocycles. The van der Waals surface area contributed by atoms with E-state index in [4.69, 9.17) is 0 Å². The highest BCUT2D eigenvalue weighted by Crippen LogP contribution is 2.30. The Labute approximate surface area is 283 Å². The molecule has 1 aromatic heterocycles. The van der Waals surface area contributed by atoms with Crippen LogP contribution in [0.3, 0.4) is 0 Å². The number of aromatic nitrogens is 2. The lowest BCUT2D eigenvalue weighted by molar-refractivity contribution is -0.144. The number of amides is 5. The summed E-state index contributed by atoms with van der Waals surface area (Å²) in [4.78, 5) is 90.3. The molecule has 0 aromatic carbocycles. The van der Waals surface area contributed by atoms with E-state index in [0.29, 0.717) is 25.8 Å². The van der Waals surface area contributed by atoms with E-state index in [2.05, 4.69) is 31.2 Å². The van der Waals surface area contributed by atoms with Crippen LogP contribution >= 0.6 is 0 Å². The molecule has 264 valence electrons. The lowest BCUT2D eigenvalue weighted by Gasteiger charge is -2.34. The Hall–Kier alpha value is -3.90. The van der Waals surface area contributed by atoms with Crippen LogP contribution in [0.15, 0.2) is 18.6 Å². The average molecular weight is 668 g/mol. The molecule has 5 atom stereocenters. The summed E-state index contributed by atoms with van der Waals surface area (Å²) in [6.45, 7) is 7.93. The fourth-order valence-electron chi connectivity index (χ4n) is 6.93. The van der Waals surface area contributed by atoms with E-state index in [1.165, 1.54) is 23.5 Å². The van der Waals surface area contributed by atoms with Crippen LogP contribution in [0.5, 0.6) is 0 Å². The van der Waals surface area contributed by atoms with Crippen LogP contribution in [0, 0.1) is 17.8 Å². The van der Waals surface area contributed by atoms with E-state index < -0.39 is 53.6 Å². The molecule has 0 spiro atoms. The summed E-state index contributed by atoms with van der Waals surface area (Å²) >= 11 is 0. The maximum Gasteiger partial charge on any atom is 0.289 e. The highest BCUT2D eigenvalue weighted by Gasteiger charge is 2.44. The standard InChI is InChI=1S/C35H53N7O6/c1-5-10-22-18-27(32(45)39-25(11-6-2)30(43)34(47)38-24-14-15-24)42(20-22)35(48)28(21(3)4)40-33(46)29(23-12-8-7-9-13-23)41-31(44)26-19-36-16-17-37-26/h16-17,19,21-25,27-29H,5-15,18,20H2,1-4H3,(H,38,47)(H,39,45)(H,40,46)(H,41,44)/t22-,25+,27+,28+,29+/m1/s1. The quantitative estimate of drug-likeness (QED) is 0.194. The minimum atomic E-state index is -0.988. The van der Waals surface area contributed by atoms with Gasteiger partial charge in [-0.15, -0.1) is 0 Å². The first-order chi connectivity index (χ1) is 23.0. The molecular weight excluding hydrogens is 614 g/mol. The smallest absolute Gasteiger partial charge is 0.289 e. The van der Waals surface area contributed by atoms with Gasteiger partial charge in [0.25, 0.3) is 11.8 Å². The monoisotopic (exact) mass is 667 g/mol. The Balaban J connectivity index is 1.51. The van der Waals surface area contributed by atoms with Crippen molar-refractivity contribution in [3.05, 3.63) is 24.3 Å². The molecule has 3 aliphatic rings. The van der Waals surface area contributed by atoms with Gasteiger partial charge < -0.3 is 26.2 Å². The van der Waals surface area contributed by atoms with Gasteiger partial charge in [0.2, 0.25) is 23.5 Å². The van der Waals surface area contributed by atoms with Crippen LogP contribution in [0.2, 0.25) is 0 Å². The van der Waals surface area contributed by atoms with E-state index >= 15 is 0 Å². The van der Waals surface area contributed by atoms with Crippen molar-refractivity contribution in [2.45, 2.75) is 135 Å². The lowest BCUT2D eigenvalue weighted by atomic mass is 9.83. The highest BCUT2D eigenvalue weighted by molar-refractivity contribution is 6.38. The molecule has 1 aliphatic heterocycles. The maximum absolute atomic E-state index is 14.3. The third kappa shape index (κ3) is 9.82. The first kappa shape index (κ1) is 36.9. The fourth-order valence-corrected chi connectivity index (χ4v) is 6.93. The molecule has 1 saturated heterocycles. The van der Waals surface area contributed by atoms with Gasteiger partial charge in [-0.2, -0.15) is 0 Å². The highest BCUT2D eigenvalue weighted by atomic mass is 16.2. The van der Waals surface area contributed by atoms with Gasteiger partial charge in [0, 0.05) is 25.0 Å². The number of hydrogen-bond donors (Lipinski definition) is 4. The fraction of sp³-hybridized carbons (Fsp3) is 0.714. The second-order valence-electron chi connectivity index (χ2n) is 14.0. The van der Waals surface area contributed by atoms with E-state index in [9.17, 15) is 28.8 Å². The van der Waals surface area contributed by atoms with Crippen molar-refractivity contribution in [1.82, 2.24) is 36.1 Å². The van der Waals surface area contributed by atoms with E-state index in [1.807, 2.05) is 27.7 Å². The van der Waals surface area contributed by atoms with Crippen molar-refractivity contribution in [1.29, 1.82) is 0 Å². The van der Waals surface area contributed by atoms with Gasteiger partial charge in [0.1, 0.15) is 23.8 Å². The van der Waals surface area contributed by atoms with E-state index in [1.54, 1.807) is 0 Å². The second-order valence-corrected chi connectivity index (χ2v) is 14.0. The van der Waals surface area contributed by atoms with Crippen LogP contribution in [0.25, 0.3) is 0 Å². The Bertz CT molecular complexity index is 1300. The summed E-state index contributed by atoms with van der Waals surface area (Å²) in [5.41, 5.74) is 0.0976. The topological polar surface area (TPSA) is 180 Å². The van der Waals surface area contributed by atoms with Crippen molar-refractivity contribution in [3.8, 4) is 0 Å². The number of Topliss-reactive ketones (excluding diaryl/α,β-unsaturated/α-hetero) is 1. The lowest BCUT2D eigenvalue weighted by Crippen LogP contribution is -2.60. The van der Waals surface area contributed by atoms with E-state index in [-0.39, 0.29) is 35.4 Å². The molecule has 0 radical (unpaired) electrons. The number of ketones is 1. The second kappa shape index (κ2) is 17.5. The zero-order valence-electron chi connectivity index (χ0n) is 28.8. The average Bonchev–Trinajstić information content (AvgIpc) is 3.80. The Morgan fingerprint density at radius 3 is 2.25 bits per heavy atom. The zero-order valence-corrected chi connectivity index (χ0v) is 28.8.